The second kappa shape index (κ2) is 11.5. The highest BCUT2D eigenvalue weighted by molar-refractivity contribution is 6.12. The van der Waals surface area contributed by atoms with Crippen molar-refractivity contribution in [1.82, 2.24) is 4.90 Å². The maximum absolute atomic E-state index is 13.3. The highest BCUT2D eigenvalue weighted by Crippen LogP contribution is 2.38. The molecule has 2 unspecified atom stereocenters. The normalized spacial score (nSPS) is 19.4. The molecule has 0 bridgehead atoms. The first-order valence-electron chi connectivity index (χ1n) is 10.4. The van der Waals surface area contributed by atoms with Gasteiger partial charge in [0.05, 0.1) is 12.2 Å². The summed E-state index contributed by atoms with van der Waals surface area (Å²) in [4.78, 5) is 43.1. The van der Waals surface area contributed by atoms with E-state index in [9.17, 15) is 24.8 Å². The van der Waals surface area contributed by atoms with Crippen LogP contribution in [0.2, 0.25) is 0 Å². The molecule has 10 heteroatoms. The van der Waals surface area contributed by atoms with E-state index in [4.69, 9.17) is 4.74 Å². The molecule has 1 aliphatic rings. The third-order valence-corrected chi connectivity index (χ3v) is 5.52. The van der Waals surface area contributed by atoms with E-state index in [1.807, 2.05) is 30.3 Å². The number of carbonyl (C=O) groups excluding carboxylic acids is 1. The van der Waals surface area contributed by atoms with Crippen molar-refractivity contribution in [2.24, 2.45) is 4.99 Å². The zero-order chi connectivity index (χ0) is 24.0. The maximum Gasteiger partial charge on any atom is 0.393 e. The van der Waals surface area contributed by atoms with Crippen LogP contribution in [0, 0.1) is 10.1 Å². The number of esters is 1. The van der Waals surface area contributed by atoms with Crippen molar-refractivity contribution < 1.29 is 24.4 Å². The summed E-state index contributed by atoms with van der Waals surface area (Å²) < 4.78 is 5.16. The van der Waals surface area contributed by atoms with E-state index < -0.39 is 28.6 Å². The van der Waals surface area contributed by atoms with Crippen molar-refractivity contribution in [1.29, 1.82) is 0 Å². The lowest BCUT2D eigenvalue weighted by molar-refractivity contribution is -0.553. The van der Waals surface area contributed by atoms with Gasteiger partial charge in [0.15, 0.2) is 6.17 Å². The van der Waals surface area contributed by atoms with Crippen LogP contribution in [0.3, 0.4) is 0 Å². The van der Waals surface area contributed by atoms with Gasteiger partial charge in [-0.1, -0.05) is 60.7 Å². The van der Waals surface area contributed by atoms with Crippen molar-refractivity contribution in [3.63, 3.8) is 0 Å². The number of carboxylic acid groups (broad SMARTS) is 1. The predicted molar refractivity (Wildman–Crippen MR) is 129 cm³/mol. The van der Waals surface area contributed by atoms with Gasteiger partial charge in [0.2, 0.25) is 0 Å². The molecule has 1 heterocycles. The topological polar surface area (TPSA) is 122 Å². The molecule has 2 aromatic rings. The van der Waals surface area contributed by atoms with Gasteiger partial charge in [-0.15, -0.1) is 12.4 Å². The molecule has 3 rings (SSSR count). The summed E-state index contributed by atoms with van der Waals surface area (Å²) in [6, 6.07) is 17.9. The van der Waals surface area contributed by atoms with E-state index in [0.29, 0.717) is 5.56 Å². The van der Waals surface area contributed by atoms with Gasteiger partial charge in [-0.05, 0) is 25.1 Å². The highest BCUT2D eigenvalue weighted by atomic mass is 35.5. The molecule has 0 aliphatic carbocycles. The number of aliphatic carboxylic acids is 1. The van der Waals surface area contributed by atoms with Gasteiger partial charge in [0.25, 0.3) is 0 Å². The average molecular weight is 488 g/mol. The van der Waals surface area contributed by atoms with Gasteiger partial charge in [-0.25, -0.2) is 9.59 Å². The molecule has 0 spiro atoms. The first-order chi connectivity index (χ1) is 15.8. The number of hydrogen-bond donors (Lipinski definition) is 1. The fourth-order valence-electron chi connectivity index (χ4n) is 4.05. The summed E-state index contributed by atoms with van der Waals surface area (Å²) >= 11 is 0. The maximum atomic E-state index is 13.3. The Morgan fingerprint density at radius 3 is 2.18 bits per heavy atom. The number of aliphatic imine (C=N–C) groups is 1. The standard InChI is InChI=1S/C24H25N3O6.ClH/c1-3-33-23(30)24(27(31)32)20(14-17-10-6-4-7-11-17)19(21(28)29)15-25-22(24)26(2)16-18-12-8-5-9-13-18;/h4-13,15,22H,3,14,16H2,1-2H3,(H,28,29);1H. The van der Waals surface area contributed by atoms with Crippen LogP contribution in [0.5, 0.6) is 0 Å². The van der Waals surface area contributed by atoms with Gasteiger partial charge < -0.3 is 9.84 Å². The fourth-order valence-corrected chi connectivity index (χ4v) is 4.05. The molecule has 1 aliphatic heterocycles. The summed E-state index contributed by atoms with van der Waals surface area (Å²) in [6.45, 7) is 1.69. The lowest BCUT2D eigenvalue weighted by Gasteiger charge is -2.38. The molecule has 0 saturated carbocycles. The van der Waals surface area contributed by atoms with Crippen molar-refractivity contribution >= 4 is 30.6 Å². The summed E-state index contributed by atoms with van der Waals surface area (Å²) in [5.74, 6) is -2.54. The number of nitrogens with zero attached hydrogens (tertiary/aromatic N) is 3. The molecule has 9 nitrogen and oxygen atoms in total. The van der Waals surface area contributed by atoms with Crippen molar-refractivity contribution in [3.05, 3.63) is 93.1 Å². The van der Waals surface area contributed by atoms with Crippen LogP contribution in [0.25, 0.3) is 0 Å². The molecular formula is C24H26ClN3O6. The summed E-state index contributed by atoms with van der Waals surface area (Å²) in [7, 11) is 1.61. The number of rotatable bonds is 9. The Labute approximate surface area is 203 Å². The van der Waals surface area contributed by atoms with Crippen LogP contribution >= 0.6 is 12.4 Å². The molecule has 0 amide bonds. The van der Waals surface area contributed by atoms with Gasteiger partial charge >= 0.3 is 17.5 Å². The number of carbonyl (C=O) groups is 2. The molecule has 0 saturated heterocycles. The number of halogens is 1. The number of dihydropyridines is 1. The first kappa shape index (κ1) is 26.7. The molecule has 180 valence electrons. The summed E-state index contributed by atoms with van der Waals surface area (Å²) in [6.07, 6.45) is -0.328. The van der Waals surface area contributed by atoms with Gasteiger partial charge in [-0.3, -0.25) is 20.0 Å². The Kier molecular flexibility index (Phi) is 9.05. The second-order valence-electron chi connectivity index (χ2n) is 7.66. The monoisotopic (exact) mass is 487 g/mol. The Bertz CT molecular complexity index is 1090. The van der Waals surface area contributed by atoms with E-state index >= 15 is 0 Å². The Morgan fingerprint density at radius 2 is 1.68 bits per heavy atom. The molecule has 2 aromatic carbocycles. The number of hydrogen-bond acceptors (Lipinski definition) is 7. The molecule has 0 fully saturated rings. The SMILES string of the molecule is CCOC(=O)C1([N+](=O)[O-])C(Cc2ccccc2)=C(C(=O)O)C=NC1N(C)Cc1ccccc1.Cl. The average Bonchev–Trinajstić information content (AvgIpc) is 2.79. The lowest BCUT2D eigenvalue weighted by Crippen LogP contribution is -2.64. The molecule has 2 atom stereocenters. The minimum Gasteiger partial charge on any atom is -0.478 e. The minimum absolute atomic E-state index is 0. The van der Waals surface area contributed by atoms with E-state index in [1.54, 1.807) is 49.2 Å². The Hall–Kier alpha value is -3.56. The van der Waals surface area contributed by atoms with E-state index in [2.05, 4.69) is 4.99 Å². The van der Waals surface area contributed by atoms with Crippen LogP contribution < -0.4 is 0 Å². The zero-order valence-electron chi connectivity index (χ0n) is 18.8. The van der Waals surface area contributed by atoms with Crippen LogP contribution in [-0.2, 0) is 27.3 Å². The Balaban J connectivity index is 0.00000408. The predicted octanol–water partition coefficient (Wildman–Crippen LogP) is 3.15. The van der Waals surface area contributed by atoms with Crippen molar-refractivity contribution in [3.8, 4) is 0 Å². The van der Waals surface area contributed by atoms with Crippen LogP contribution in [0.4, 0.5) is 0 Å². The second-order valence-corrected chi connectivity index (χ2v) is 7.66. The molecular weight excluding hydrogens is 462 g/mol. The molecule has 34 heavy (non-hydrogen) atoms. The van der Waals surface area contributed by atoms with Gasteiger partial charge in [-0.2, -0.15) is 0 Å². The quantitative estimate of drug-likeness (QED) is 0.327. The van der Waals surface area contributed by atoms with Crippen LogP contribution in [0.1, 0.15) is 18.1 Å². The number of carboxylic acids is 1. The molecule has 0 radical (unpaired) electrons. The number of likely N-dealkylation sites (N-methyl/N-ethyl adjacent to an activating group) is 1. The highest BCUT2D eigenvalue weighted by Gasteiger charge is 2.65. The van der Waals surface area contributed by atoms with Crippen molar-refractivity contribution in [2.45, 2.75) is 31.6 Å². The summed E-state index contributed by atoms with van der Waals surface area (Å²) in [5.41, 5.74) is -1.59. The fraction of sp³-hybridized carbons (Fsp3) is 0.292. The molecule has 0 aromatic heterocycles. The third kappa shape index (κ3) is 5.16. The lowest BCUT2D eigenvalue weighted by atomic mass is 9.78. The van der Waals surface area contributed by atoms with E-state index in [-0.39, 0.29) is 43.1 Å². The number of ether oxygens (including phenoxy) is 1. The largest absolute Gasteiger partial charge is 0.478 e. The minimum atomic E-state index is -2.53. The summed E-state index contributed by atoms with van der Waals surface area (Å²) in [5, 5.41) is 22.5. The van der Waals surface area contributed by atoms with Gasteiger partial charge in [0.1, 0.15) is 0 Å². The van der Waals surface area contributed by atoms with Gasteiger partial charge in [0, 0.05) is 29.7 Å². The van der Waals surface area contributed by atoms with Crippen LogP contribution in [0.15, 0.2) is 76.8 Å². The van der Waals surface area contributed by atoms with Crippen LogP contribution in [-0.4, -0.2) is 58.4 Å². The van der Waals surface area contributed by atoms with E-state index in [0.717, 1.165) is 11.8 Å². The zero-order valence-corrected chi connectivity index (χ0v) is 19.6. The molecule has 1 N–H and O–H groups in total. The Morgan fingerprint density at radius 1 is 1.12 bits per heavy atom. The third-order valence-electron chi connectivity index (χ3n) is 5.52. The number of nitro groups is 1. The van der Waals surface area contributed by atoms with Crippen molar-refractivity contribution in [2.75, 3.05) is 13.7 Å². The first-order valence-corrected chi connectivity index (χ1v) is 10.4. The smallest absolute Gasteiger partial charge is 0.393 e. The van der Waals surface area contributed by atoms with E-state index in [1.165, 1.54) is 0 Å². The number of benzene rings is 2.